The van der Waals surface area contributed by atoms with Crippen LogP contribution in [0.5, 0.6) is 0 Å². The van der Waals surface area contributed by atoms with E-state index in [4.69, 9.17) is 11.6 Å². The highest BCUT2D eigenvalue weighted by Crippen LogP contribution is 2.17. The van der Waals surface area contributed by atoms with Gasteiger partial charge in [-0.05, 0) is 37.6 Å². The second-order valence-corrected chi connectivity index (χ2v) is 4.47. The molecule has 0 aromatic carbocycles. The molecule has 0 unspecified atom stereocenters. The molecular weight excluding hydrogens is 226 g/mol. The summed E-state index contributed by atoms with van der Waals surface area (Å²) in [5, 5.41) is 6.43. The molecule has 0 atom stereocenters. The quantitative estimate of drug-likeness (QED) is 0.788. The number of aromatic nitrogens is 1. The van der Waals surface area contributed by atoms with Crippen LogP contribution < -0.4 is 10.6 Å². The van der Waals surface area contributed by atoms with Crippen LogP contribution in [0.3, 0.4) is 0 Å². The molecule has 1 saturated heterocycles. The monoisotopic (exact) mass is 239 g/mol. The maximum absolute atomic E-state index is 11.6. The molecule has 2 rings (SSSR count). The van der Waals surface area contributed by atoms with Crippen LogP contribution in [0.15, 0.2) is 12.3 Å². The zero-order valence-electron chi connectivity index (χ0n) is 9.09. The second kappa shape index (κ2) is 4.80. The van der Waals surface area contributed by atoms with Gasteiger partial charge in [-0.25, -0.2) is 4.98 Å². The van der Waals surface area contributed by atoms with Crippen molar-refractivity contribution in [1.82, 2.24) is 10.3 Å². The Labute approximate surface area is 99.4 Å². The number of halogens is 1. The van der Waals surface area contributed by atoms with E-state index in [0.29, 0.717) is 23.2 Å². The molecule has 0 radical (unpaired) electrons. The summed E-state index contributed by atoms with van der Waals surface area (Å²) in [7, 11) is 0. The number of amides is 1. The Kier molecular flexibility index (Phi) is 3.41. The Morgan fingerprint density at radius 3 is 3.00 bits per heavy atom. The van der Waals surface area contributed by atoms with Crippen LogP contribution in [-0.2, 0) is 4.79 Å². The molecule has 5 heteroatoms. The van der Waals surface area contributed by atoms with Gasteiger partial charge in [-0.15, -0.1) is 0 Å². The van der Waals surface area contributed by atoms with Gasteiger partial charge in [0.15, 0.2) is 0 Å². The average Bonchev–Trinajstić information content (AvgIpc) is 2.18. The van der Waals surface area contributed by atoms with Crippen LogP contribution in [-0.4, -0.2) is 24.0 Å². The SMILES string of the molecule is Cc1cc(NC(=O)CC2CNC2)cnc1Cl. The summed E-state index contributed by atoms with van der Waals surface area (Å²) in [4.78, 5) is 15.6. The van der Waals surface area contributed by atoms with E-state index in [0.717, 1.165) is 18.7 Å². The third kappa shape index (κ3) is 2.71. The third-order valence-corrected chi connectivity index (χ3v) is 3.03. The van der Waals surface area contributed by atoms with Gasteiger partial charge in [-0.2, -0.15) is 0 Å². The van der Waals surface area contributed by atoms with Crippen molar-refractivity contribution in [2.75, 3.05) is 18.4 Å². The minimum absolute atomic E-state index is 0.0371. The summed E-state index contributed by atoms with van der Waals surface area (Å²) in [6.45, 7) is 3.73. The normalized spacial score (nSPS) is 15.6. The zero-order chi connectivity index (χ0) is 11.5. The van der Waals surface area contributed by atoms with Gasteiger partial charge in [0.1, 0.15) is 5.15 Å². The summed E-state index contributed by atoms with van der Waals surface area (Å²) in [5.41, 5.74) is 1.57. The lowest BCUT2D eigenvalue weighted by Gasteiger charge is -2.26. The molecule has 0 aliphatic carbocycles. The maximum atomic E-state index is 11.6. The zero-order valence-corrected chi connectivity index (χ0v) is 9.84. The van der Waals surface area contributed by atoms with Crippen molar-refractivity contribution in [3.05, 3.63) is 23.0 Å². The van der Waals surface area contributed by atoms with Gasteiger partial charge in [0.2, 0.25) is 5.91 Å². The highest BCUT2D eigenvalue weighted by Gasteiger charge is 2.20. The molecule has 1 fully saturated rings. The number of carbonyl (C=O) groups is 1. The van der Waals surface area contributed by atoms with E-state index in [1.165, 1.54) is 0 Å². The molecule has 0 spiro atoms. The minimum Gasteiger partial charge on any atom is -0.325 e. The van der Waals surface area contributed by atoms with E-state index in [1.54, 1.807) is 6.20 Å². The molecule has 4 nitrogen and oxygen atoms in total. The van der Waals surface area contributed by atoms with Crippen molar-refractivity contribution in [2.24, 2.45) is 5.92 Å². The van der Waals surface area contributed by atoms with E-state index in [-0.39, 0.29) is 5.91 Å². The number of hydrogen-bond donors (Lipinski definition) is 2. The van der Waals surface area contributed by atoms with Gasteiger partial charge >= 0.3 is 0 Å². The fraction of sp³-hybridized carbons (Fsp3) is 0.455. The summed E-state index contributed by atoms with van der Waals surface area (Å²) < 4.78 is 0. The number of anilines is 1. The summed E-state index contributed by atoms with van der Waals surface area (Å²) in [6, 6.07) is 1.83. The predicted octanol–water partition coefficient (Wildman–Crippen LogP) is 1.59. The Morgan fingerprint density at radius 1 is 1.69 bits per heavy atom. The third-order valence-electron chi connectivity index (χ3n) is 2.64. The number of aryl methyl sites for hydroxylation is 1. The molecule has 86 valence electrons. The van der Waals surface area contributed by atoms with Gasteiger partial charge in [-0.1, -0.05) is 11.6 Å². The molecule has 0 saturated carbocycles. The lowest BCUT2D eigenvalue weighted by molar-refractivity contribution is -0.117. The maximum Gasteiger partial charge on any atom is 0.224 e. The fourth-order valence-corrected chi connectivity index (χ4v) is 1.70. The van der Waals surface area contributed by atoms with Crippen molar-refractivity contribution in [3.8, 4) is 0 Å². The highest BCUT2D eigenvalue weighted by atomic mass is 35.5. The Hall–Kier alpha value is -1.13. The molecule has 1 aliphatic rings. The Balaban J connectivity index is 1.92. The molecule has 2 N–H and O–H groups in total. The van der Waals surface area contributed by atoms with Crippen molar-refractivity contribution in [1.29, 1.82) is 0 Å². The molecule has 1 amide bonds. The molecule has 1 aromatic heterocycles. The summed E-state index contributed by atoms with van der Waals surface area (Å²) in [6.07, 6.45) is 2.14. The summed E-state index contributed by atoms with van der Waals surface area (Å²) >= 11 is 5.80. The second-order valence-electron chi connectivity index (χ2n) is 4.11. The lowest BCUT2D eigenvalue weighted by atomic mass is 9.99. The van der Waals surface area contributed by atoms with E-state index < -0.39 is 0 Å². The Morgan fingerprint density at radius 2 is 2.44 bits per heavy atom. The molecule has 1 aliphatic heterocycles. The van der Waals surface area contributed by atoms with Crippen LogP contribution >= 0.6 is 11.6 Å². The van der Waals surface area contributed by atoms with Crippen LogP contribution in [0.25, 0.3) is 0 Å². The fourth-order valence-electron chi connectivity index (χ4n) is 1.59. The standard InChI is InChI=1S/C11H14ClN3O/c1-7-2-9(6-14-11(7)12)15-10(16)3-8-4-13-5-8/h2,6,8,13H,3-5H2,1H3,(H,15,16). The molecule has 0 bridgehead atoms. The van der Waals surface area contributed by atoms with Crippen molar-refractivity contribution in [3.63, 3.8) is 0 Å². The van der Waals surface area contributed by atoms with Crippen LogP contribution in [0.2, 0.25) is 5.15 Å². The molecule has 16 heavy (non-hydrogen) atoms. The first-order chi connectivity index (χ1) is 7.65. The number of nitrogens with one attached hydrogen (secondary N) is 2. The topological polar surface area (TPSA) is 54.0 Å². The van der Waals surface area contributed by atoms with Gasteiger partial charge in [-0.3, -0.25) is 4.79 Å². The molecule has 1 aromatic rings. The van der Waals surface area contributed by atoms with Gasteiger partial charge in [0.05, 0.1) is 11.9 Å². The average molecular weight is 240 g/mol. The van der Waals surface area contributed by atoms with Crippen molar-refractivity contribution >= 4 is 23.2 Å². The van der Waals surface area contributed by atoms with E-state index in [1.807, 2.05) is 13.0 Å². The van der Waals surface area contributed by atoms with Crippen LogP contribution in [0.1, 0.15) is 12.0 Å². The minimum atomic E-state index is 0.0371. The molecule has 2 heterocycles. The van der Waals surface area contributed by atoms with Gasteiger partial charge in [0.25, 0.3) is 0 Å². The van der Waals surface area contributed by atoms with Crippen LogP contribution in [0, 0.1) is 12.8 Å². The summed E-state index contributed by atoms with van der Waals surface area (Å²) in [5.74, 6) is 0.511. The predicted molar refractivity (Wildman–Crippen MR) is 63.6 cm³/mol. The van der Waals surface area contributed by atoms with Crippen molar-refractivity contribution < 1.29 is 4.79 Å². The smallest absolute Gasteiger partial charge is 0.224 e. The number of pyridine rings is 1. The van der Waals surface area contributed by atoms with Gasteiger partial charge in [0, 0.05) is 6.42 Å². The first-order valence-electron chi connectivity index (χ1n) is 5.28. The highest BCUT2D eigenvalue weighted by molar-refractivity contribution is 6.30. The first-order valence-corrected chi connectivity index (χ1v) is 5.65. The first kappa shape index (κ1) is 11.4. The number of carbonyl (C=O) groups excluding carboxylic acids is 1. The van der Waals surface area contributed by atoms with Crippen LogP contribution in [0.4, 0.5) is 5.69 Å². The number of hydrogen-bond acceptors (Lipinski definition) is 3. The number of rotatable bonds is 3. The Bertz CT molecular complexity index is 404. The van der Waals surface area contributed by atoms with E-state index >= 15 is 0 Å². The van der Waals surface area contributed by atoms with E-state index in [2.05, 4.69) is 15.6 Å². The van der Waals surface area contributed by atoms with Gasteiger partial charge < -0.3 is 10.6 Å². The largest absolute Gasteiger partial charge is 0.325 e. The van der Waals surface area contributed by atoms with E-state index in [9.17, 15) is 4.79 Å². The lowest BCUT2D eigenvalue weighted by Crippen LogP contribution is -2.43. The number of nitrogens with zero attached hydrogens (tertiary/aromatic N) is 1. The molecular formula is C11H14ClN3O. The van der Waals surface area contributed by atoms with Crippen molar-refractivity contribution in [2.45, 2.75) is 13.3 Å².